The van der Waals surface area contributed by atoms with Crippen LogP contribution in [0, 0.1) is 6.92 Å². The van der Waals surface area contributed by atoms with Crippen molar-refractivity contribution < 1.29 is 5.11 Å². The summed E-state index contributed by atoms with van der Waals surface area (Å²) >= 11 is 0. The minimum atomic E-state index is 0.159. The standard InChI is InChI=1S/C22H27N3O/c1-4-6-14-25(5-2)18-12-10-17(11-13-18)23-15-19-21-16(3)8-7-9-20(21)24-22(19)26/h7-13,15,24,26H,4-6,14H2,1-3H3. The minimum absolute atomic E-state index is 0.159. The van der Waals surface area contributed by atoms with Crippen LogP contribution in [-0.4, -0.2) is 29.4 Å². The van der Waals surface area contributed by atoms with Gasteiger partial charge >= 0.3 is 0 Å². The highest BCUT2D eigenvalue weighted by Gasteiger charge is 2.10. The van der Waals surface area contributed by atoms with Crippen molar-refractivity contribution in [3.8, 4) is 5.88 Å². The number of aromatic hydroxyl groups is 1. The summed E-state index contributed by atoms with van der Waals surface area (Å²) in [6.45, 7) is 8.53. The van der Waals surface area contributed by atoms with Gasteiger partial charge in [-0.15, -0.1) is 0 Å². The van der Waals surface area contributed by atoms with Crippen LogP contribution in [-0.2, 0) is 0 Å². The molecule has 0 unspecified atom stereocenters. The van der Waals surface area contributed by atoms with E-state index >= 15 is 0 Å². The fourth-order valence-corrected chi connectivity index (χ4v) is 3.28. The van der Waals surface area contributed by atoms with Gasteiger partial charge in [0.2, 0.25) is 0 Å². The molecule has 2 aromatic carbocycles. The van der Waals surface area contributed by atoms with Crippen LogP contribution in [0.4, 0.5) is 11.4 Å². The zero-order valence-corrected chi connectivity index (χ0v) is 15.8. The number of H-pyrrole nitrogens is 1. The quantitative estimate of drug-likeness (QED) is 0.549. The third-order valence-corrected chi connectivity index (χ3v) is 4.77. The summed E-state index contributed by atoms with van der Waals surface area (Å²) < 4.78 is 0. The second-order valence-corrected chi connectivity index (χ2v) is 6.59. The van der Waals surface area contributed by atoms with Gasteiger partial charge in [-0.2, -0.15) is 0 Å². The van der Waals surface area contributed by atoms with E-state index in [4.69, 9.17) is 0 Å². The molecule has 1 aromatic heterocycles. The van der Waals surface area contributed by atoms with Crippen molar-refractivity contribution in [3.63, 3.8) is 0 Å². The van der Waals surface area contributed by atoms with Gasteiger partial charge in [0.15, 0.2) is 5.88 Å². The maximum absolute atomic E-state index is 10.2. The lowest BCUT2D eigenvalue weighted by Gasteiger charge is -2.22. The van der Waals surface area contributed by atoms with E-state index in [0.29, 0.717) is 0 Å². The van der Waals surface area contributed by atoms with Crippen molar-refractivity contribution in [1.82, 2.24) is 4.98 Å². The number of aromatic amines is 1. The molecule has 0 amide bonds. The van der Waals surface area contributed by atoms with Gasteiger partial charge < -0.3 is 15.0 Å². The van der Waals surface area contributed by atoms with Gasteiger partial charge in [-0.1, -0.05) is 25.5 Å². The van der Waals surface area contributed by atoms with Gasteiger partial charge in [0, 0.05) is 35.9 Å². The Morgan fingerprint density at radius 3 is 2.58 bits per heavy atom. The molecule has 4 heteroatoms. The summed E-state index contributed by atoms with van der Waals surface area (Å²) in [5.74, 6) is 0.159. The van der Waals surface area contributed by atoms with Gasteiger partial charge in [-0.3, -0.25) is 4.99 Å². The molecule has 0 spiro atoms. The first-order valence-corrected chi connectivity index (χ1v) is 9.33. The SMILES string of the molecule is CCCCN(CC)c1ccc(N=Cc2c(O)[nH]c3cccc(C)c23)cc1. The fourth-order valence-electron chi connectivity index (χ4n) is 3.28. The molecule has 0 saturated heterocycles. The summed E-state index contributed by atoms with van der Waals surface area (Å²) in [6, 6.07) is 14.3. The molecule has 0 saturated carbocycles. The van der Waals surface area contributed by atoms with E-state index in [1.54, 1.807) is 6.21 Å². The molecule has 1 heterocycles. The van der Waals surface area contributed by atoms with Crippen LogP contribution in [0.25, 0.3) is 10.9 Å². The number of hydrogen-bond donors (Lipinski definition) is 2. The first kappa shape index (κ1) is 18.1. The predicted octanol–water partition coefficient (Wildman–Crippen LogP) is 5.56. The molecule has 0 atom stereocenters. The van der Waals surface area contributed by atoms with E-state index in [1.807, 2.05) is 37.3 Å². The molecule has 26 heavy (non-hydrogen) atoms. The molecule has 136 valence electrons. The molecule has 0 bridgehead atoms. The third-order valence-electron chi connectivity index (χ3n) is 4.77. The van der Waals surface area contributed by atoms with E-state index in [9.17, 15) is 5.11 Å². The van der Waals surface area contributed by atoms with Crippen LogP contribution in [0.15, 0.2) is 47.5 Å². The van der Waals surface area contributed by atoms with Crippen LogP contribution in [0.5, 0.6) is 5.88 Å². The maximum atomic E-state index is 10.2. The number of nitrogens with zero attached hydrogens (tertiary/aromatic N) is 2. The summed E-state index contributed by atoms with van der Waals surface area (Å²) in [7, 11) is 0. The number of fused-ring (bicyclic) bond motifs is 1. The second kappa shape index (κ2) is 8.09. The monoisotopic (exact) mass is 349 g/mol. The number of anilines is 1. The molecular weight excluding hydrogens is 322 g/mol. The smallest absolute Gasteiger partial charge is 0.198 e. The van der Waals surface area contributed by atoms with Crippen molar-refractivity contribution in [1.29, 1.82) is 0 Å². The zero-order valence-electron chi connectivity index (χ0n) is 15.8. The van der Waals surface area contributed by atoms with Crippen LogP contribution in [0.2, 0.25) is 0 Å². The number of unbranched alkanes of at least 4 members (excludes halogenated alkanes) is 1. The number of benzene rings is 2. The highest BCUT2D eigenvalue weighted by molar-refractivity contribution is 6.04. The predicted molar refractivity (Wildman–Crippen MR) is 111 cm³/mol. The minimum Gasteiger partial charge on any atom is -0.494 e. The third kappa shape index (κ3) is 3.74. The summed E-state index contributed by atoms with van der Waals surface area (Å²) in [5, 5.41) is 11.2. The average molecular weight is 349 g/mol. The number of nitrogens with one attached hydrogen (secondary N) is 1. The molecule has 4 nitrogen and oxygen atoms in total. The fraction of sp³-hybridized carbons (Fsp3) is 0.318. The molecule has 0 aliphatic heterocycles. The van der Waals surface area contributed by atoms with E-state index in [1.165, 1.54) is 18.5 Å². The topological polar surface area (TPSA) is 51.6 Å². The van der Waals surface area contributed by atoms with Gasteiger partial charge in [-0.05, 0) is 56.2 Å². The lowest BCUT2D eigenvalue weighted by molar-refractivity contribution is 0.457. The van der Waals surface area contributed by atoms with Crippen molar-refractivity contribution in [2.24, 2.45) is 4.99 Å². The Labute approximate surface area is 155 Å². The normalized spacial score (nSPS) is 11.5. The molecular formula is C22H27N3O. The molecule has 3 aromatic rings. The van der Waals surface area contributed by atoms with Crippen molar-refractivity contribution in [3.05, 3.63) is 53.6 Å². The van der Waals surface area contributed by atoms with Crippen LogP contribution >= 0.6 is 0 Å². The molecule has 0 aliphatic rings. The first-order chi connectivity index (χ1) is 12.6. The largest absolute Gasteiger partial charge is 0.494 e. The number of hydrogen-bond acceptors (Lipinski definition) is 3. The zero-order chi connectivity index (χ0) is 18.5. The van der Waals surface area contributed by atoms with Gasteiger partial charge in [0.25, 0.3) is 0 Å². The molecule has 0 fully saturated rings. The Morgan fingerprint density at radius 1 is 1.12 bits per heavy atom. The highest BCUT2D eigenvalue weighted by atomic mass is 16.3. The maximum Gasteiger partial charge on any atom is 0.198 e. The Balaban J connectivity index is 1.82. The first-order valence-electron chi connectivity index (χ1n) is 9.33. The Bertz CT molecular complexity index is 894. The van der Waals surface area contributed by atoms with Crippen molar-refractivity contribution in [2.75, 3.05) is 18.0 Å². The summed E-state index contributed by atoms with van der Waals surface area (Å²) in [4.78, 5) is 9.96. The van der Waals surface area contributed by atoms with Gasteiger partial charge in [-0.25, -0.2) is 0 Å². The molecule has 0 radical (unpaired) electrons. The van der Waals surface area contributed by atoms with E-state index < -0.39 is 0 Å². The van der Waals surface area contributed by atoms with Gasteiger partial charge in [0.1, 0.15) is 0 Å². The molecule has 0 aliphatic carbocycles. The van der Waals surface area contributed by atoms with Crippen molar-refractivity contribution in [2.45, 2.75) is 33.6 Å². The highest BCUT2D eigenvalue weighted by Crippen LogP contribution is 2.29. The average Bonchev–Trinajstić information content (AvgIpc) is 2.98. The number of rotatable bonds is 7. The number of aromatic nitrogens is 1. The molecule has 3 rings (SSSR count). The van der Waals surface area contributed by atoms with E-state index in [2.05, 4.69) is 40.9 Å². The second-order valence-electron chi connectivity index (χ2n) is 6.59. The number of aryl methyl sites for hydroxylation is 1. The van der Waals surface area contributed by atoms with E-state index in [-0.39, 0.29) is 5.88 Å². The lowest BCUT2D eigenvalue weighted by Crippen LogP contribution is -2.23. The van der Waals surface area contributed by atoms with Gasteiger partial charge in [0.05, 0.1) is 11.3 Å². The number of aliphatic imine (C=N–C) groups is 1. The molecule has 2 N–H and O–H groups in total. The van der Waals surface area contributed by atoms with Crippen LogP contribution in [0.1, 0.15) is 37.8 Å². The Morgan fingerprint density at radius 2 is 1.88 bits per heavy atom. The lowest BCUT2D eigenvalue weighted by atomic mass is 10.1. The summed E-state index contributed by atoms with van der Waals surface area (Å²) in [6.07, 6.45) is 4.14. The Kier molecular flexibility index (Phi) is 5.61. The van der Waals surface area contributed by atoms with Crippen molar-refractivity contribution >= 4 is 28.5 Å². The van der Waals surface area contributed by atoms with Crippen LogP contribution < -0.4 is 4.90 Å². The Hall–Kier alpha value is -2.75. The van der Waals surface area contributed by atoms with E-state index in [0.717, 1.165) is 40.8 Å². The summed E-state index contributed by atoms with van der Waals surface area (Å²) in [5.41, 5.74) is 4.88. The van der Waals surface area contributed by atoms with Crippen LogP contribution in [0.3, 0.4) is 0 Å².